The van der Waals surface area contributed by atoms with Gasteiger partial charge in [0.1, 0.15) is 5.82 Å². The molecule has 0 unspecified atom stereocenters. The third-order valence-corrected chi connectivity index (χ3v) is 1.59. The van der Waals surface area contributed by atoms with Gasteiger partial charge in [-0.2, -0.15) is 10.2 Å². The van der Waals surface area contributed by atoms with Crippen LogP contribution in [0, 0.1) is 0 Å². The van der Waals surface area contributed by atoms with Gasteiger partial charge in [-0.25, -0.2) is 0 Å². The van der Waals surface area contributed by atoms with Gasteiger partial charge in [0.05, 0.1) is 12.2 Å². The molecule has 2 aromatic rings. The van der Waals surface area contributed by atoms with Crippen molar-refractivity contribution < 1.29 is 0 Å². The Balaban J connectivity index is 1.94. The summed E-state index contributed by atoms with van der Waals surface area (Å²) in [5, 5.41) is 17.4. The predicted molar refractivity (Wildman–Crippen MR) is 47.9 cm³/mol. The first kappa shape index (κ1) is 7.72. The fraction of sp³-hybridized carbons (Fsp3) is 0.125. The molecule has 0 amide bonds. The molecule has 0 aliphatic rings. The molecule has 0 fully saturated rings. The van der Waals surface area contributed by atoms with Crippen LogP contribution in [-0.4, -0.2) is 20.4 Å². The normalized spacial score (nSPS) is 9.85. The Hall–Kier alpha value is -1.91. The molecular formula is C8H9N5. The van der Waals surface area contributed by atoms with Crippen molar-refractivity contribution in [3.63, 3.8) is 0 Å². The van der Waals surface area contributed by atoms with Crippen molar-refractivity contribution in [2.45, 2.75) is 6.54 Å². The average Bonchev–Trinajstić information content (AvgIpc) is 2.69. The Morgan fingerprint density at radius 3 is 3.00 bits per heavy atom. The van der Waals surface area contributed by atoms with Crippen LogP contribution in [0.4, 0.5) is 5.82 Å². The van der Waals surface area contributed by atoms with Gasteiger partial charge in [0.15, 0.2) is 0 Å². The Labute approximate surface area is 75.2 Å². The lowest BCUT2D eigenvalue weighted by Crippen LogP contribution is -2.01. The molecule has 0 aromatic carbocycles. The second-order valence-electron chi connectivity index (χ2n) is 2.54. The maximum absolute atomic E-state index is 3.88. The quantitative estimate of drug-likeness (QED) is 0.724. The minimum atomic E-state index is 0.679. The molecular weight excluding hydrogens is 166 g/mol. The van der Waals surface area contributed by atoms with Gasteiger partial charge in [0, 0.05) is 12.4 Å². The summed E-state index contributed by atoms with van der Waals surface area (Å²) >= 11 is 0. The van der Waals surface area contributed by atoms with Gasteiger partial charge in [0.2, 0.25) is 0 Å². The van der Waals surface area contributed by atoms with Crippen LogP contribution in [-0.2, 0) is 6.54 Å². The summed E-state index contributed by atoms with van der Waals surface area (Å²) in [6.45, 7) is 0.679. The maximum Gasteiger partial charge on any atom is 0.148 e. The van der Waals surface area contributed by atoms with Crippen molar-refractivity contribution in [2.75, 3.05) is 5.32 Å². The highest BCUT2D eigenvalue weighted by Gasteiger charge is 1.94. The van der Waals surface area contributed by atoms with Crippen LogP contribution in [0.2, 0.25) is 0 Å². The Bertz CT molecular complexity index is 342. The number of nitrogens with one attached hydrogen (secondary N) is 2. The van der Waals surface area contributed by atoms with Crippen LogP contribution in [0.3, 0.4) is 0 Å². The van der Waals surface area contributed by atoms with E-state index in [9.17, 15) is 0 Å². The fourth-order valence-electron chi connectivity index (χ4n) is 0.965. The summed E-state index contributed by atoms with van der Waals surface area (Å²) in [5.41, 5.74) is 1.02. The Kier molecular flexibility index (Phi) is 2.18. The molecule has 66 valence electrons. The van der Waals surface area contributed by atoms with Gasteiger partial charge in [-0.3, -0.25) is 5.10 Å². The molecule has 0 saturated carbocycles. The number of rotatable bonds is 3. The van der Waals surface area contributed by atoms with Gasteiger partial charge in [-0.1, -0.05) is 0 Å². The van der Waals surface area contributed by atoms with E-state index in [-0.39, 0.29) is 0 Å². The summed E-state index contributed by atoms with van der Waals surface area (Å²) in [5.74, 6) is 0.761. The van der Waals surface area contributed by atoms with Crippen LogP contribution in [0.5, 0.6) is 0 Å². The molecule has 0 saturated heterocycles. The minimum absolute atomic E-state index is 0.679. The van der Waals surface area contributed by atoms with Crippen molar-refractivity contribution >= 4 is 5.82 Å². The van der Waals surface area contributed by atoms with E-state index >= 15 is 0 Å². The maximum atomic E-state index is 3.88. The second-order valence-corrected chi connectivity index (χ2v) is 2.54. The highest BCUT2D eigenvalue weighted by Crippen LogP contribution is 2.00. The Morgan fingerprint density at radius 1 is 1.31 bits per heavy atom. The topological polar surface area (TPSA) is 66.5 Å². The van der Waals surface area contributed by atoms with Crippen LogP contribution in [0.1, 0.15) is 5.69 Å². The van der Waals surface area contributed by atoms with E-state index in [1.807, 2.05) is 18.2 Å². The highest BCUT2D eigenvalue weighted by atomic mass is 15.2. The van der Waals surface area contributed by atoms with E-state index in [2.05, 4.69) is 25.7 Å². The fourth-order valence-corrected chi connectivity index (χ4v) is 0.965. The summed E-state index contributed by atoms with van der Waals surface area (Å²) in [4.78, 5) is 0. The van der Waals surface area contributed by atoms with Gasteiger partial charge in [0.25, 0.3) is 0 Å². The number of aromatic nitrogens is 4. The third kappa shape index (κ3) is 2.02. The number of anilines is 1. The standard InChI is InChI=1S/C8H9N5/c1-2-8(13-10-4-1)9-6-7-3-5-11-12-7/h1-5H,6H2,(H,9,13)(H,11,12). The van der Waals surface area contributed by atoms with Gasteiger partial charge >= 0.3 is 0 Å². The first-order valence-corrected chi connectivity index (χ1v) is 3.95. The lowest BCUT2D eigenvalue weighted by Gasteiger charge is -2.00. The molecule has 5 nitrogen and oxygen atoms in total. The van der Waals surface area contributed by atoms with Gasteiger partial charge < -0.3 is 5.32 Å². The van der Waals surface area contributed by atoms with Crippen molar-refractivity contribution in [1.82, 2.24) is 20.4 Å². The van der Waals surface area contributed by atoms with E-state index in [1.54, 1.807) is 12.4 Å². The summed E-state index contributed by atoms with van der Waals surface area (Å²) in [7, 11) is 0. The monoisotopic (exact) mass is 175 g/mol. The number of hydrogen-bond donors (Lipinski definition) is 2. The van der Waals surface area contributed by atoms with Crippen LogP contribution < -0.4 is 5.32 Å². The van der Waals surface area contributed by atoms with E-state index in [4.69, 9.17) is 0 Å². The van der Waals surface area contributed by atoms with Crippen LogP contribution >= 0.6 is 0 Å². The lowest BCUT2D eigenvalue weighted by atomic mass is 10.4. The van der Waals surface area contributed by atoms with E-state index in [0.717, 1.165) is 11.5 Å². The zero-order valence-corrected chi connectivity index (χ0v) is 6.94. The first-order valence-electron chi connectivity index (χ1n) is 3.95. The van der Waals surface area contributed by atoms with Crippen molar-refractivity contribution in [3.05, 3.63) is 36.3 Å². The molecule has 0 atom stereocenters. The molecule has 2 N–H and O–H groups in total. The molecule has 13 heavy (non-hydrogen) atoms. The zero-order valence-electron chi connectivity index (χ0n) is 6.94. The summed E-state index contributed by atoms with van der Waals surface area (Å²) in [6, 6.07) is 5.61. The number of H-pyrrole nitrogens is 1. The van der Waals surface area contributed by atoms with E-state index in [1.165, 1.54) is 0 Å². The molecule has 0 aliphatic heterocycles. The SMILES string of the molecule is c1cnnc(NCc2ccn[nH]2)c1. The van der Waals surface area contributed by atoms with Crippen LogP contribution in [0.25, 0.3) is 0 Å². The number of nitrogens with zero attached hydrogens (tertiary/aromatic N) is 3. The molecule has 0 aliphatic carbocycles. The minimum Gasteiger partial charge on any atom is -0.363 e. The van der Waals surface area contributed by atoms with E-state index in [0.29, 0.717) is 6.54 Å². The predicted octanol–water partition coefficient (Wildman–Crippen LogP) is 0.812. The Morgan fingerprint density at radius 2 is 2.31 bits per heavy atom. The molecule has 2 heterocycles. The number of aromatic amines is 1. The second kappa shape index (κ2) is 3.66. The highest BCUT2D eigenvalue weighted by molar-refractivity contribution is 5.31. The molecule has 5 heteroatoms. The summed E-state index contributed by atoms with van der Waals surface area (Å²) in [6.07, 6.45) is 3.36. The molecule has 0 spiro atoms. The van der Waals surface area contributed by atoms with E-state index < -0.39 is 0 Å². The zero-order chi connectivity index (χ0) is 8.93. The van der Waals surface area contributed by atoms with Crippen molar-refractivity contribution in [2.24, 2.45) is 0 Å². The summed E-state index contributed by atoms with van der Waals surface area (Å²) < 4.78 is 0. The molecule has 0 bridgehead atoms. The lowest BCUT2D eigenvalue weighted by molar-refractivity contribution is 0.953. The smallest absolute Gasteiger partial charge is 0.148 e. The average molecular weight is 175 g/mol. The third-order valence-electron chi connectivity index (χ3n) is 1.59. The van der Waals surface area contributed by atoms with Gasteiger partial charge in [-0.15, -0.1) is 5.10 Å². The largest absolute Gasteiger partial charge is 0.363 e. The molecule has 0 radical (unpaired) electrons. The van der Waals surface area contributed by atoms with Gasteiger partial charge in [-0.05, 0) is 18.2 Å². The number of hydrogen-bond acceptors (Lipinski definition) is 4. The van der Waals surface area contributed by atoms with Crippen molar-refractivity contribution in [1.29, 1.82) is 0 Å². The van der Waals surface area contributed by atoms with Crippen LogP contribution in [0.15, 0.2) is 30.6 Å². The molecule has 2 rings (SSSR count). The first-order chi connectivity index (χ1) is 6.45. The molecule has 2 aromatic heterocycles. The van der Waals surface area contributed by atoms with Crippen molar-refractivity contribution in [3.8, 4) is 0 Å².